The Labute approximate surface area is 99.0 Å². The average Bonchev–Trinajstić information content (AvgIpc) is 2.66. The Kier molecular flexibility index (Phi) is 3.26. The first-order chi connectivity index (χ1) is 7.20. The van der Waals surface area contributed by atoms with Crippen molar-refractivity contribution < 1.29 is 0 Å². The third kappa shape index (κ3) is 2.32. The van der Waals surface area contributed by atoms with Crippen molar-refractivity contribution in [3.05, 3.63) is 22.3 Å². The maximum absolute atomic E-state index is 4.48. The highest BCUT2D eigenvalue weighted by Gasteiger charge is 2.22. The minimum atomic E-state index is 0.606. The van der Waals surface area contributed by atoms with E-state index >= 15 is 0 Å². The lowest BCUT2D eigenvalue weighted by Crippen LogP contribution is -2.30. The molecule has 1 aromatic heterocycles. The summed E-state index contributed by atoms with van der Waals surface area (Å²) in [5, 5.41) is 3.32. The van der Waals surface area contributed by atoms with Gasteiger partial charge in [0.2, 0.25) is 0 Å². The molecule has 0 unspecified atom stereocenters. The molecule has 3 nitrogen and oxygen atoms in total. The molecule has 0 amide bonds. The zero-order chi connectivity index (χ0) is 10.8. The summed E-state index contributed by atoms with van der Waals surface area (Å²) in [6.45, 7) is 4.27. The predicted molar refractivity (Wildman–Crippen MR) is 66.4 cm³/mol. The molecular formula is C11H16BrN3. The van der Waals surface area contributed by atoms with E-state index in [1.807, 2.05) is 13.2 Å². The number of pyridine rings is 1. The van der Waals surface area contributed by atoms with Crippen LogP contribution in [-0.4, -0.2) is 31.2 Å². The van der Waals surface area contributed by atoms with E-state index in [9.17, 15) is 0 Å². The number of hydrogen-bond donors (Lipinski definition) is 1. The van der Waals surface area contributed by atoms with Gasteiger partial charge in [-0.3, -0.25) is 0 Å². The molecule has 2 rings (SSSR count). The van der Waals surface area contributed by atoms with Crippen LogP contribution in [0.25, 0.3) is 0 Å². The summed E-state index contributed by atoms with van der Waals surface area (Å²) in [5.74, 6) is 1.12. The number of hydrogen-bond acceptors (Lipinski definition) is 3. The van der Waals surface area contributed by atoms with Gasteiger partial charge in [-0.25, -0.2) is 4.98 Å². The Morgan fingerprint density at radius 1 is 1.60 bits per heavy atom. The Morgan fingerprint density at radius 2 is 2.40 bits per heavy atom. The fourth-order valence-electron chi connectivity index (χ4n) is 2.05. The zero-order valence-electron chi connectivity index (χ0n) is 9.13. The lowest BCUT2D eigenvalue weighted by molar-refractivity contribution is 0.616. The van der Waals surface area contributed by atoms with Crippen molar-refractivity contribution in [1.29, 1.82) is 0 Å². The van der Waals surface area contributed by atoms with Gasteiger partial charge in [0.25, 0.3) is 0 Å². The van der Waals surface area contributed by atoms with Crippen LogP contribution < -0.4 is 10.2 Å². The van der Waals surface area contributed by atoms with Crippen LogP contribution in [0.15, 0.2) is 16.7 Å². The van der Waals surface area contributed by atoms with Crippen molar-refractivity contribution in [3.63, 3.8) is 0 Å². The Balaban J connectivity index is 2.17. The second-order valence-electron chi connectivity index (χ2n) is 4.01. The Morgan fingerprint density at radius 3 is 3.00 bits per heavy atom. The second kappa shape index (κ2) is 4.49. The third-order valence-electron chi connectivity index (χ3n) is 2.91. The summed E-state index contributed by atoms with van der Waals surface area (Å²) < 4.78 is 1.05. The second-order valence-corrected chi connectivity index (χ2v) is 4.93. The molecule has 15 heavy (non-hydrogen) atoms. The zero-order valence-corrected chi connectivity index (χ0v) is 10.7. The average molecular weight is 270 g/mol. The van der Waals surface area contributed by atoms with Crippen LogP contribution in [-0.2, 0) is 0 Å². The molecule has 1 aliphatic heterocycles. The maximum atomic E-state index is 4.48. The van der Waals surface area contributed by atoms with Gasteiger partial charge in [0.05, 0.1) is 0 Å². The van der Waals surface area contributed by atoms with Gasteiger partial charge in [0.15, 0.2) is 0 Å². The standard InChI is InChI=1S/C11H16BrN3/c1-8-5-9(12)6-14-11(8)15-4-3-10(7-15)13-2/h5-6,10,13H,3-4,7H2,1-2H3/t10-/m0/s1. The van der Waals surface area contributed by atoms with Gasteiger partial charge >= 0.3 is 0 Å². The number of rotatable bonds is 2. The van der Waals surface area contributed by atoms with Crippen LogP contribution in [0, 0.1) is 6.92 Å². The molecule has 0 bridgehead atoms. The lowest BCUT2D eigenvalue weighted by Gasteiger charge is -2.19. The number of nitrogens with one attached hydrogen (secondary N) is 1. The summed E-state index contributed by atoms with van der Waals surface area (Å²) in [6, 6.07) is 2.73. The van der Waals surface area contributed by atoms with Gasteiger partial charge in [0, 0.05) is 29.8 Å². The molecule has 1 saturated heterocycles. The molecule has 4 heteroatoms. The molecule has 0 aliphatic carbocycles. The van der Waals surface area contributed by atoms with E-state index in [1.54, 1.807) is 0 Å². The van der Waals surface area contributed by atoms with Crippen LogP contribution >= 0.6 is 15.9 Å². The molecule has 82 valence electrons. The van der Waals surface area contributed by atoms with Crippen molar-refractivity contribution in [2.75, 3.05) is 25.0 Å². The quantitative estimate of drug-likeness (QED) is 0.890. The first-order valence-corrected chi connectivity index (χ1v) is 6.04. The van der Waals surface area contributed by atoms with E-state index in [1.165, 1.54) is 12.0 Å². The molecule has 1 N–H and O–H groups in total. The normalized spacial score (nSPS) is 21.0. The lowest BCUT2D eigenvalue weighted by atomic mass is 10.3. The fourth-order valence-corrected chi connectivity index (χ4v) is 2.50. The molecule has 0 saturated carbocycles. The number of aromatic nitrogens is 1. The molecule has 1 aromatic rings. The van der Waals surface area contributed by atoms with Crippen LogP contribution in [0.1, 0.15) is 12.0 Å². The highest BCUT2D eigenvalue weighted by atomic mass is 79.9. The number of anilines is 1. The van der Waals surface area contributed by atoms with Crippen molar-refractivity contribution in [3.8, 4) is 0 Å². The Hall–Kier alpha value is -0.610. The summed E-state index contributed by atoms with van der Waals surface area (Å²) in [4.78, 5) is 6.83. The molecule has 1 fully saturated rings. The SMILES string of the molecule is CN[C@H]1CCN(c2ncc(Br)cc2C)C1. The minimum absolute atomic E-state index is 0.606. The molecule has 0 spiro atoms. The van der Waals surface area contributed by atoms with Crippen LogP contribution in [0.5, 0.6) is 0 Å². The first-order valence-electron chi connectivity index (χ1n) is 5.25. The summed E-state index contributed by atoms with van der Waals surface area (Å²) in [6.07, 6.45) is 3.07. The number of aryl methyl sites for hydroxylation is 1. The van der Waals surface area contributed by atoms with Crippen molar-refractivity contribution in [2.45, 2.75) is 19.4 Å². The van der Waals surface area contributed by atoms with E-state index < -0.39 is 0 Å². The van der Waals surface area contributed by atoms with E-state index in [-0.39, 0.29) is 0 Å². The van der Waals surface area contributed by atoms with Crippen LogP contribution in [0.3, 0.4) is 0 Å². The first kappa shape index (κ1) is 10.9. The summed E-state index contributed by atoms with van der Waals surface area (Å²) in [5.41, 5.74) is 1.24. The van der Waals surface area contributed by atoms with Crippen LogP contribution in [0.4, 0.5) is 5.82 Å². The molecule has 1 atom stereocenters. The highest BCUT2D eigenvalue weighted by Crippen LogP contribution is 2.23. The molecular weight excluding hydrogens is 254 g/mol. The van der Waals surface area contributed by atoms with E-state index in [0.717, 1.165) is 23.4 Å². The summed E-state index contributed by atoms with van der Waals surface area (Å²) >= 11 is 3.44. The number of likely N-dealkylation sites (N-methyl/N-ethyl adjacent to an activating group) is 1. The topological polar surface area (TPSA) is 28.2 Å². The Bertz CT molecular complexity index is 354. The predicted octanol–water partition coefficient (Wildman–Crippen LogP) is 1.95. The van der Waals surface area contributed by atoms with E-state index in [4.69, 9.17) is 0 Å². The summed E-state index contributed by atoms with van der Waals surface area (Å²) in [7, 11) is 2.02. The molecule has 2 heterocycles. The fraction of sp³-hybridized carbons (Fsp3) is 0.545. The van der Waals surface area contributed by atoms with Gasteiger partial charge < -0.3 is 10.2 Å². The monoisotopic (exact) mass is 269 g/mol. The van der Waals surface area contributed by atoms with Crippen LogP contribution in [0.2, 0.25) is 0 Å². The van der Waals surface area contributed by atoms with Crippen molar-refractivity contribution in [2.24, 2.45) is 0 Å². The van der Waals surface area contributed by atoms with Crippen molar-refractivity contribution in [1.82, 2.24) is 10.3 Å². The van der Waals surface area contributed by atoms with Gasteiger partial charge in [0.1, 0.15) is 5.82 Å². The van der Waals surface area contributed by atoms with Crippen molar-refractivity contribution >= 4 is 21.7 Å². The van der Waals surface area contributed by atoms with Gasteiger partial charge in [-0.15, -0.1) is 0 Å². The third-order valence-corrected chi connectivity index (χ3v) is 3.35. The maximum Gasteiger partial charge on any atom is 0.131 e. The van der Waals surface area contributed by atoms with E-state index in [2.05, 4.69) is 44.1 Å². The molecule has 0 aromatic carbocycles. The number of halogens is 1. The molecule has 0 radical (unpaired) electrons. The minimum Gasteiger partial charge on any atom is -0.355 e. The van der Waals surface area contributed by atoms with Gasteiger partial charge in [-0.1, -0.05) is 0 Å². The van der Waals surface area contributed by atoms with Gasteiger partial charge in [-0.2, -0.15) is 0 Å². The smallest absolute Gasteiger partial charge is 0.131 e. The number of nitrogens with zero attached hydrogens (tertiary/aromatic N) is 2. The largest absolute Gasteiger partial charge is 0.355 e. The highest BCUT2D eigenvalue weighted by molar-refractivity contribution is 9.10. The van der Waals surface area contributed by atoms with E-state index in [0.29, 0.717) is 6.04 Å². The molecule has 1 aliphatic rings. The van der Waals surface area contributed by atoms with Gasteiger partial charge in [-0.05, 0) is 48.0 Å².